The first kappa shape index (κ1) is 11.7. The summed E-state index contributed by atoms with van der Waals surface area (Å²) in [5.74, 6) is 0.135. The van der Waals surface area contributed by atoms with Gasteiger partial charge < -0.3 is 0 Å². The number of Topliss-reactive ketones (excluding diaryl/α,β-unsaturated/α-hetero) is 1. The lowest BCUT2D eigenvalue weighted by Crippen LogP contribution is -1.95. The van der Waals surface area contributed by atoms with E-state index >= 15 is 0 Å². The van der Waals surface area contributed by atoms with Gasteiger partial charge in [-0.25, -0.2) is 0 Å². The maximum absolute atomic E-state index is 11.2. The fraction of sp³-hybridized carbons (Fsp3) is 0.357. The van der Waals surface area contributed by atoms with E-state index in [0.29, 0.717) is 0 Å². The monoisotopic (exact) mass is 202 g/mol. The molecule has 1 aromatic carbocycles. The highest BCUT2D eigenvalue weighted by Gasteiger charge is 2.04. The zero-order chi connectivity index (χ0) is 11.6. The lowest BCUT2D eigenvalue weighted by atomic mass is 9.96. The fourth-order valence-corrected chi connectivity index (χ4v) is 1.51. The van der Waals surface area contributed by atoms with E-state index in [4.69, 9.17) is 0 Å². The van der Waals surface area contributed by atoms with Gasteiger partial charge in [0.15, 0.2) is 5.78 Å². The molecular weight excluding hydrogens is 184 g/mol. The van der Waals surface area contributed by atoms with Gasteiger partial charge in [0.2, 0.25) is 0 Å². The van der Waals surface area contributed by atoms with Crippen molar-refractivity contribution < 1.29 is 4.79 Å². The minimum absolute atomic E-state index is 0.135. The first-order chi connectivity index (χ1) is 6.93. The van der Waals surface area contributed by atoms with Crippen LogP contribution in [0, 0.1) is 20.8 Å². The van der Waals surface area contributed by atoms with Gasteiger partial charge in [0.1, 0.15) is 0 Å². The Morgan fingerprint density at radius 2 is 1.60 bits per heavy atom. The van der Waals surface area contributed by atoms with E-state index in [2.05, 4.69) is 32.9 Å². The van der Waals surface area contributed by atoms with Gasteiger partial charge in [0.05, 0.1) is 0 Å². The Balaban J connectivity index is 3.32. The van der Waals surface area contributed by atoms with Crippen LogP contribution in [0.5, 0.6) is 0 Å². The minimum Gasteiger partial charge on any atom is -0.295 e. The summed E-state index contributed by atoms with van der Waals surface area (Å²) in [7, 11) is 0. The van der Waals surface area contributed by atoms with E-state index in [0.717, 1.165) is 5.57 Å². The normalized spacial score (nSPS) is 11.7. The van der Waals surface area contributed by atoms with Crippen LogP contribution in [0.3, 0.4) is 0 Å². The zero-order valence-electron chi connectivity index (χ0n) is 10.1. The average molecular weight is 202 g/mol. The molecule has 1 heteroatoms. The molecule has 0 fully saturated rings. The molecule has 0 aromatic heterocycles. The number of benzene rings is 1. The summed E-state index contributed by atoms with van der Waals surface area (Å²) < 4.78 is 0. The molecule has 0 unspecified atom stereocenters. The molecule has 0 bridgehead atoms. The van der Waals surface area contributed by atoms with E-state index < -0.39 is 0 Å². The maximum Gasteiger partial charge on any atom is 0.155 e. The minimum atomic E-state index is 0.135. The molecule has 15 heavy (non-hydrogen) atoms. The van der Waals surface area contributed by atoms with Crippen molar-refractivity contribution in [3.8, 4) is 0 Å². The van der Waals surface area contributed by atoms with E-state index in [1.165, 1.54) is 22.3 Å². The molecule has 0 saturated carbocycles. The predicted molar refractivity (Wildman–Crippen MR) is 65.0 cm³/mol. The first-order valence-corrected chi connectivity index (χ1v) is 5.19. The van der Waals surface area contributed by atoms with Gasteiger partial charge in [0.25, 0.3) is 0 Å². The van der Waals surface area contributed by atoms with Crippen LogP contribution in [0.2, 0.25) is 0 Å². The quantitative estimate of drug-likeness (QED) is 0.670. The predicted octanol–water partition coefficient (Wildman–Crippen LogP) is 3.60. The van der Waals surface area contributed by atoms with Crippen LogP contribution in [0.25, 0.3) is 6.08 Å². The largest absolute Gasteiger partial charge is 0.295 e. The number of aryl methyl sites for hydroxylation is 2. The molecule has 1 nitrogen and oxygen atoms in total. The molecule has 80 valence electrons. The fourth-order valence-electron chi connectivity index (χ4n) is 1.51. The molecular formula is C14H18O. The second kappa shape index (κ2) is 4.43. The molecule has 0 spiro atoms. The van der Waals surface area contributed by atoms with E-state index in [9.17, 15) is 4.79 Å². The SMILES string of the molecule is CC(=O)C(C)=Cc1c(C)ccc(C)c1C. The summed E-state index contributed by atoms with van der Waals surface area (Å²) in [4.78, 5) is 11.2. The van der Waals surface area contributed by atoms with Crippen LogP contribution in [0.15, 0.2) is 17.7 Å². The Morgan fingerprint density at radius 3 is 2.13 bits per heavy atom. The van der Waals surface area contributed by atoms with Crippen molar-refractivity contribution in [1.82, 2.24) is 0 Å². The second-order valence-electron chi connectivity index (χ2n) is 4.12. The van der Waals surface area contributed by atoms with Crippen molar-refractivity contribution >= 4 is 11.9 Å². The van der Waals surface area contributed by atoms with Gasteiger partial charge in [-0.15, -0.1) is 0 Å². The number of hydrogen-bond acceptors (Lipinski definition) is 1. The molecule has 0 saturated heterocycles. The third-order valence-corrected chi connectivity index (χ3v) is 2.92. The molecule has 1 rings (SSSR count). The third kappa shape index (κ3) is 2.56. The van der Waals surface area contributed by atoms with Crippen LogP contribution in [-0.2, 0) is 4.79 Å². The van der Waals surface area contributed by atoms with Gasteiger partial charge >= 0.3 is 0 Å². The Labute approximate surface area is 91.8 Å². The summed E-state index contributed by atoms with van der Waals surface area (Å²) in [6, 6.07) is 4.21. The lowest BCUT2D eigenvalue weighted by molar-refractivity contribution is -0.113. The van der Waals surface area contributed by atoms with Crippen LogP contribution in [0.1, 0.15) is 36.1 Å². The van der Waals surface area contributed by atoms with Crippen molar-refractivity contribution in [2.45, 2.75) is 34.6 Å². The van der Waals surface area contributed by atoms with Crippen molar-refractivity contribution in [3.63, 3.8) is 0 Å². The molecule has 0 amide bonds. The van der Waals surface area contributed by atoms with E-state index in [1.807, 2.05) is 13.0 Å². The Bertz CT molecular complexity index is 425. The summed E-state index contributed by atoms with van der Waals surface area (Å²) >= 11 is 0. The highest BCUT2D eigenvalue weighted by atomic mass is 16.1. The zero-order valence-corrected chi connectivity index (χ0v) is 10.1. The Hall–Kier alpha value is -1.37. The number of carbonyl (C=O) groups excluding carboxylic acids is 1. The van der Waals surface area contributed by atoms with Crippen LogP contribution in [0.4, 0.5) is 0 Å². The van der Waals surface area contributed by atoms with Crippen molar-refractivity contribution in [2.75, 3.05) is 0 Å². The molecule has 0 heterocycles. The number of allylic oxidation sites excluding steroid dienone is 1. The van der Waals surface area contributed by atoms with Crippen molar-refractivity contribution in [2.24, 2.45) is 0 Å². The van der Waals surface area contributed by atoms with Gasteiger partial charge in [-0.3, -0.25) is 4.79 Å². The smallest absolute Gasteiger partial charge is 0.155 e. The summed E-state index contributed by atoms with van der Waals surface area (Å²) in [6.45, 7) is 9.73. The van der Waals surface area contributed by atoms with Gasteiger partial charge in [-0.2, -0.15) is 0 Å². The van der Waals surface area contributed by atoms with Gasteiger partial charge in [-0.05, 0) is 68.5 Å². The molecule has 0 atom stereocenters. The van der Waals surface area contributed by atoms with Crippen LogP contribution < -0.4 is 0 Å². The van der Waals surface area contributed by atoms with Crippen LogP contribution >= 0.6 is 0 Å². The maximum atomic E-state index is 11.2. The molecule has 1 aromatic rings. The lowest BCUT2D eigenvalue weighted by Gasteiger charge is -2.09. The number of carbonyl (C=O) groups is 1. The molecule has 0 aliphatic rings. The Kier molecular flexibility index (Phi) is 3.46. The van der Waals surface area contributed by atoms with Crippen LogP contribution in [-0.4, -0.2) is 5.78 Å². The summed E-state index contributed by atoms with van der Waals surface area (Å²) in [6.07, 6.45) is 1.99. The molecule has 0 radical (unpaired) electrons. The molecule has 0 aliphatic heterocycles. The molecule has 0 aliphatic carbocycles. The molecule has 0 N–H and O–H groups in total. The Morgan fingerprint density at radius 1 is 1.07 bits per heavy atom. The third-order valence-electron chi connectivity index (χ3n) is 2.92. The van der Waals surface area contributed by atoms with E-state index in [-0.39, 0.29) is 5.78 Å². The van der Waals surface area contributed by atoms with E-state index in [1.54, 1.807) is 6.92 Å². The number of rotatable bonds is 2. The summed E-state index contributed by atoms with van der Waals surface area (Å²) in [5, 5.41) is 0. The highest BCUT2D eigenvalue weighted by molar-refractivity contribution is 5.97. The van der Waals surface area contributed by atoms with Gasteiger partial charge in [-0.1, -0.05) is 12.1 Å². The first-order valence-electron chi connectivity index (χ1n) is 5.19. The summed E-state index contributed by atoms with van der Waals surface area (Å²) in [5.41, 5.74) is 5.74. The average Bonchev–Trinajstić information content (AvgIpc) is 2.18. The van der Waals surface area contributed by atoms with Crippen molar-refractivity contribution in [1.29, 1.82) is 0 Å². The highest BCUT2D eigenvalue weighted by Crippen LogP contribution is 2.20. The number of hydrogen-bond donors (Lipinski definition) is 0. The van der Waals surface area contributed by atoms with Crippen molar-refractivity contribution in [3.05, 3.63) is 40.0 Å². The standard InChI is InChI=1S/C14H18O/c1-9-6-7-10(2)14(12(9)4)8-11(3)13(5)15/h6-8H,1-5H3. The second-order valence-corrected chi connectivity index (χ2v) is 4.12. The van der Waals surface area contributed by atoms with Gasteiger partial charge in [0, 0.05) is 0 Å². The topological polar surface area (TPSA) is 17.1 Å². The number of ketones is 1.